The Labute approximate surface area is 255 Å². The lowest BCUT2D eigenvalue weighted by Crippen LogP contribution is -2.41. The third kappa shape index (κ3) is 28.7. The van der Waals surface area contributed by atoms with E-state index in [4.69, 9.17) is 9.47 Å². The van der Waals surface area contributed by atoms with Gasteiger partial charge in [0.05, 0.1) is 13.2 Å². The molecule has 41 heavy (non-hydrogen) atoms. The zero-order valence-corrected chi connectivity index (χ0v) is 28.4. The molecule has 0 N–H and O–H groups in total. The van der Waals surface area contributed by atoms with E-state index < -0.39 is 5.60 Å². The van der Waals surface area contributed by atoms with Crippen molar-refractivity contribution in [3.05, 3.63) is 0 Å². The van der Waals surface area contributed by atoms with E-state index in [2.05, 4.69) is 30.6 Å². The minimum Gasteiger partial charge on any atom is -0.466 e. The van der Waals surface area contributed by atoms with Gasteiger partial charge in [-0.25, -0.2) is 0 Å². The number of hydrogen-bond acceptors (Lipinski definition) is 6. The molecule has 0 heterocycles. The van der Waals surface area contributed by atoms with Crippen LogP contribution in [0.1, 0.15) is 164 Å². The standard InChI is InChI=1S/C35H70N2O4/c1-7-10-13-15-17-19-21-26-36(28-24-25-33(38)40-31-23-12-9-3)29-30-37(32-34(39)41-35(4,5)6)27-22-20-18-16-14-11-8-2/h7-32H2,1-6H3. The number of hydrogen-bond donors (Lipinski definition) is 0. The molecule has 0 aromatic carbocycles. The first-order chi connectivity index (χ1) is 19.7. The zero-order valence-electron chi connectivity index (χ0n) is 28.4. The van der Waals surface area contributed by atoms with Gasteiger partial charge in [0.1, 0.15) is 5.60 Å². The van der Waals surface area contributed by atoms with Crippen molar-refractivity contribution < 1.29 is 19.1 Å². The van der Waals surface area contributed by atoms with Crippen LogP contribution in [-0.4, -0.2) is 73.2 Å². The summed E-state index contributed by atoms with van der Waals surface area (Å²) in [4.78, 5) is 29.7. The van der Waals surface area contributed by atoms with Crippen molar-refractivity contribution in [2.75, 3.05) is 45.9 Å². The first-order valence-electron chi connectivity index (χ1n) is 17.5. The Morgan fingerprint density at radius 3 is 1.49 bits per heavy atom. The van der Waals surface area contributed by atoms with Crippen LogP contribution in [0.3, 0.4) is 0 Å². The van der Waals surface area contributed by atoms with Crippen molar-refractivity contribution in [1.29, 1.82) is 0 Å². The van der Waals surface area contributed by atoms with Crippen LogP contribution in [0.2, 0.25) is 0 Å². The molecule has 0 aromatic heterocycles. The van der Waals surface area contributed by atoms with Crippen LogP contribution >= 0.6 is 0 Å². The largest absolute Gasteiger partial charge is 0.466 e. The molecule has 0 radical (unpaired) electrons. The van der Waals surface area contributed by atoms with Gasteiger partial charge in [0.25, 0.3) is 0 Å². The fourth-order valence-electron chi connectivity index (χ4n) is 5.09. The van der Waals surface area contributed by atoms with E-state index in [0.29, 0.717) is 19.6 Å². The second-order valence-corrected chi connectivity index (χ2v) is 13.0. The van der Waals surface area contributed by atoms with Crippen LogP contribution in [-0.2, 0) is 19.1 Å². The lowest BCUT2D eigenvalue weighted by atomic mass is 10.1. The van der Waals surface area contributed by atoms with Crippen molar-refractivity contribution in [3.8, 4) is 0 Å². The van der Waals surface area contributed by atoms with E-state index in [9.17, 15) is 9.59 Å². The molecule has 0 aliphatic heterocycles. The predicted octanol–water partition coefficient (Wildman–Crippen LogP) is 8.95. The molecule has 0 aliphatic carbocycles. The Balaban J connectivity index is 4.87. The van der Waals surface area contributed by atoms with E-state index >= 15 is 0 Å². The van der Waals surface area contributed by atoms with Crippen LogP contribution in [0.5, 0.6) is 0 Å². The highest BCUT2D eigenvalue weighted by molar-refractivity contribution is 5.72. The molecule has 0 amide bonds. The summed E-state index contributed by atoms with van der Waals surface area (Å²) in [7, 11) is 0. The van der Waals surface area contributed by atoms with Crippen molar-refractivity contribution in [2.45, 2.75) is 169 Å². The number of carbonyl (C=O) groups is 2. The number of nitrogens with zero attached hydrogens (tertiary/aromatic N) is 2. The quantitative estimate of drug-likeness (QED) is 0.0648. The Hall–Kier alpha value is -1.14. The number of rotatable bonds is 29. The first kappa shape index (κ1) is 39.9. The fourth-order valence-corrected chi connectivity index (χ4v) is 5.09. The smallest absolute Gasteiger partial charge is 0.320 e. The summed E-state index contributed by atoms with van der Waals surface area (Å²) >= 11 is 0. The second-order valence-electron chi connectivity index (χ2n) is 13.0. The number of esters is 2. The van der Waals surface area contributed by atoms with E-state index in [-0.39, 0.29) is 11.9 Å². The normalized spacial score (nSPS) is 11.9. The topological polar surface area (TPSA) is 59.1 Å². The molecule has 0 rings (SSSR count). The van der Waals surface area contributed by atoms with Gasteiger partial charge >= 0.3 is 11.9 Å². The van der Waals surface area contributed by atoms with Gasteiger partial charge in [-0.15, -0.1) is 0 Å². The van der Waals surface area contributed by atoms with Crippen LogP contribution < -0.4 is 0 Å². The van der Waals surface area contributed by atoms with Gasteiger partial charge in [0, 0.05) is 19.5 Å². The molecule has 0 saturated carbocycles. The molecule has 6 nitrogen and oxygen atoms in total. The van der Waals surface area contributed by atoms with E-state index in [1.807, 2.05) is 20.8 Å². The van der Waals surface area contributed by atoms with Gasteiger partial charge < -0.3 is 14.4 Å². The second kappa shape index (κ2) is 27.7. The van der Waals surface area contributed by atoms with E-state index in [1.165, 1.54) is 83.5 Å². The number of ether oxygens (including phenoxy) is 2. The Morgan fingerprint density at radius 1 is 0.512 bits per heavy atom. The summed E-state index contributed by atoms with van der Waals surface area (Å²) in [6.07, 6.45) is 22.4. The van der Waals surface area contributed by atoms with Gasteiger partial charge in [0.15, 0.2) is 0 Å². The van der Waals surface area contributed by atoms with Crippen LogP contribution in [0, 0.1) is 0 Å². The van der Waals surface area contributed by atoms with Crippen molar-refractivity contribution in [3.63, 3.8) is 0 Å². The molecule has 6 heteroatoms. The number of carbonyl (C=O) groups excluding carboxylic acids is 2. The van der Waals surface area contributed by atoms with Gasteiger partial charge in [-0.2, -0.15) is 0 Å². The van der Waals surface area contributed by atoms with Gasteiger partial charge in [-0.1, -0.05) is 111 Å². The summed E-state index contributed by atoms with van der Waals surface area (Å²) in [6.45, 7) is 18.0. The molecule has 0 bridgehead atoms. The van der Waals surface area contributed by atoms with Gasteiger partial charge in [0.2, 0.25) is 0 Å². The molecule has 0 aromatic rings. The highest BCUT2D eigenvalue weighted by Crippen LogP contribution is 2.12. The molecule has 0 fully saturated rings. The first-order valence-corrected chi connectivity index (χ1v) is 17.5. The molecular formula is C35H70N2O4. The van der Waals surface area contributed by atoms with Crippen molar-refractivity contribution in [1.82, 2.24) is 9.80 Å². The highest BCUT2D eigenvalue weighted by atomic mass is 16.6. The monoisotopic (exact) mass is 583 g/mol. The average molecular weight is 583 g/mol. The molecular weight excluding hydrogens is 512 g/mol. The Kier molecular flexibility index (Phi) is 26.9. The van der Waals surface area contributed by atoms with Crippen LogP contribution in [0.4, 0.5) is 0 Å². The minimum absolute atomic E-state index is 0.0672. The van der Waals surface area contributed by atoms with Gasteiger partial charge in [-0.3, -0.25) is 14.5 Å². The number of unbranched alkanes of at least 4 members (excludes halogenated alkanes) is 14. The highest BCUT2D eigenvalue weighted by Gasteiger charge is 2.19. The molecule has 0 spiro atoms. The van der Waals surface area contributed by atoms with Crippen molar-refractivity contribution in [2.24, 2.45) is 0 Å². The predicted molar refractivity (Wildman–Crippen MR) is 174 cm³/mol. The van der Waals surface area contributed by atoms with Crippen LogP contribution in [0.15, 0.2) is 0 Å². The molecule has 0 unspecified atom stereocenters. The molecule has 0 aliphatic rings. The maximum absolute atomic E-state index is 12.7. The maximum atomic E-state index is 12.7. The summed E-state index contributed by atoms with van der Waals surface area (Å²) in [5, 5.41) is 0. The zero-order chi connectivity index (χ0) is 30.6. The van der Waals surface area contributed by atoms with E-state index in [0.717, 1.165) is 64.8 Å². The SMILES string of the molecule is CCCCCCCCCN(CCCC(=O)OCCCCC)CCN(CCCCCCCCC)CC(=O)OC(C)(C)C. The van der Waals surface area contributed by atoms with Crippen LogP contribution in [0.25, 0.3) is 0 Å². The third-order valence-corrected chi connectivity index (χ3v) is 7.53. The summed E-state index contributed by atoms with van der Waals surface area (Å²) in [6, 6.07) is 0. The maximum Gasteiger partial charge on any atom is 0.320 e. The average Bonchev–Trinajstić information content (AvgIpc) is 2.91. The fraction of sp³-hybridized carbons (Fsp3) is 0.943. The summed E-state index contributed by atoms with van der Waals surface area (Å²) < 4.78 is 11.1. The van der Waals surface area contributed by atoms with Gasteiger partial charge in [-0.05, 0) is 66.1 Å². The summed E-state index contributed by atoms with van der Waals surface area (Å²) in [5.74, 6) is -0.202. The Bertz CT molecular complexity index is 605. The molecule has 244 valence electrons. The molecule has 0 saturated heterocycles. The van der Waals surface area contributed by atoms with Crippen molar-refractivity contribution >= 4 is 11.9 Å². The van der Waals surface area contributed by atoms with E-state index in [1.54, 1.807) is 0 Å². The lowest BCUT2D eigenvalue weighted by molar-refractivity contribution is -0.156. The molecule has 0 atom stereocenters. The Morgan fingerprint density at radius 2 is 0.951 bits per heavy atom. The lowest BCUT2D eigenvalue weighted by Gasteiger charge is -2.28. The third-order valence-electron chi connectivity index (χ3n) is 7.53. The minimum atomic E-state index is -0.462. The summed E-state index contributed by atoms with van der Waals surface area (Å²) in [5.41, 5.74) is -0.462.